The second-order valence-corrected chi connectivity index (χ2v) is 14.1. The van der Waals surface area contributed by atoms with Gasteiger partial charge in [0.15, 0.2) is 5.58 Å². The number of hydrogen-bond acceptors (Lipinski definition) is 10. The van der Waals surface area contributed by atoms with Crippen LogP contribution in [0.1, 0.15) is 59.5 Å². The van der Waals surface area contributed by atoms with E-state index in [9.17, 15) is 24.0 Å². The highest BCUT2D eigenvalue weighted by molar-refractivity contribution is 6.01. The fourth-order valence-electron chi connectivity index (χ4n) is 6.81. The largest absolute Gasteiger partial charge is 0.445 e. The first-order chi connectivity index (χ1) is 28.3. The predicted octanol–water partition coefficient (Wildman–Crippen LogP) is 5.45. The molecule has 0 aliphatic carbocycles. The van der Waals surface area contributed by atoms with Crippen molar-refractivity contribution in [3.8, 4) is 0 Å². The molecule has 0 radical (unpaired) electrons. The number of ketones is 1. The van der Waals surface area contributed by atoms with Crippen LogP contribution in [-0.2, 0) is 38.6 Å². The van der Waals surface area contributed by atoms with E-state index in [2.05, 4.69) is 20.9 Å². The Morgan fingerprint density at radius 3 is 2.10 bits per heavy atom. The monoisotopic (exact) mass is 788 g/mol. The molecule has 58 heavy (non-hydrogen) atoms. The Morgan fingerprint density at radius 1 is 0.759 bits per heavy atom. The second-order valence-electron chi connectivity index (χ2n) is 14.1. The number of fused-ring (bicyclic) bond motifs is 1. The Hall–Kier alpha value is -6.54. The van der Waals surface area contributed by atoms with Crippen molar-refractivity contribution in [2.75, 3.05) is 13.1 Å². The van der Waals surface area contributed by atoms with Crippen LogP contribution >= 0.6 is 0 Å². The normalized spacial score (nSPS) is 15.9. The minimum atomic E-state index is -1.17. The van der Waals surface area contributed by atoms with E-state index in [4.69, 9.17) is 19.6 Å². The van der Waals surface area contributed by atoms with Gasteiger partial charge in [-0.25, -0.2) is 14.6 Å². The van der Waals surface area contributed by atoms with E-state index in [0.717, 1.165) is 16.7 Å². The number of unbranched alkanes of at least 4 members (excludes halogenated alkanes) is 1. The number of Topliss-reactive ketones (excluding diaryl/α,β-unsaturated/α-hetero) is 1. The van der Waals surface area contributed by atoms with Crippen molar-refractivity contribution < 1.29 is 37.9 Å². The number of hydrogen-bond donors (Lipinski definition) is 4. The Balaban J connectivity index is 1.23. The Kier molecular flexibility index (Phi) is 14.6. The van der Waals surface area contributed by atoms with Gasteiger partial charge < -0.3 is 40.5 Å². The number of nitrogens with one attached hydrogen (secondary N) is 3. The maximum Gasteiger partial charge on any atom is 0.408 e. The predicted molar refractivity (Wildman–Crippen MR) is 215 cm³/mol. The van der Waals surface area contributed by atoms with Crippen molar-refractivity contribution in [2.45, 2.75) is 75.9 Å². The zero-order valence-corrected chi connectivity index (χ0v) is 32.1. The molecule has 0 spiro atoms. The average molecular weight is 789 g/mol. The third-order valence-corrected chi connectivity index (χ3v) is 9.85. The fourth-order valence-corrected chi connectivity index (χ4v) is 6.81. The summed E-state index contributed by atoms with van der Waals surface area (Å²) in [5, 5.41) is 8.30. The van der Waals surface area contributed by atoms with E-state index in [-0.39, 0.29) is 44.8 Å². The summed E-state index contributed by atoms with van der Waals surface area (Å²) in [5.41, 5.74) is 9.23. The van der Waals surface area contributed by atoms with Crippen molar-refractivity contribution >= 4 is 40.9 Å². The molecule has 302 valence electrons. The molecule has 1 aromatic heterocycles. The van der Waals surface area contributed by atoms with E-state index >= 15 is 0 Å². The van der Waals surface area contributed by atoms with Crippen LogP contribution in [0.15, 0.2) is 120 Å². The maximum absolute atomic E-state index is 14.6. The van der Waals surface area contributed by atoms with Crippen LogP contribution in [0.25, 0.3) is 11.1 Å². The van der Waals surface area contributed by atoms with Crippen LogP contribution in [0, 0.1) is 0 Å². The first-order valence-electron chi connectivity index (χ1n) is 19.5. The van der Waals surface area contributed by atoms with Crippen LogP contribution in [0.4, 0.5) is 9.59 Å². The number of aryl methyl sites for hydroxylation is 1. The molecule has 1 fully saturated rings. The summed E-state index contributed by atoms with van der Waals surface area (Å²) in [6.07, 6.45) is -0.540. The lowest BCUT2D eigenvalue weighted by atomic mass is 10.0. The molecular formula is C44H48N6O8. The maximum atomic E-state index is 14.6. The quantitative estimate of drug-likeness (QED) is 0.0655. The number of aromatic nitrogens is 1. The van der Waals surface area contributed by atoms with Crippen molar-refractivity contribution in [2.24, 2.45) is 5.73 Å². The lowest BCUT2D eigenvalue weighted by Gasteiger charge is -2.29. The molecule has 0 bridgehead atoms. The average Bonchev–Trinajstić information content (AvgIpc) is 3.89. The molecule has 14 nitrogen and oxygen atoms in total. The Labute approximate surface area is 336 Å². The molecule has 5 aromatic rings. The number of carbonyl (C=O) groups excluding carboxylic acids is 5. The highest BCUT2D eigenvalue weighted by atomic mass is 16.6. The lowest BCUT2D eigenvalue weighted by molar-refractivity contribution is -0.140. The summed E-state index contributed by atoms with van der Waals surface area (Å²) >= 11 is 0. The number of rotatable bonds is 18. The smallest absolute Gasteiger partial charge is 0.408 e. The number of nitrogens with two attached hydrogens (primary N) is 1. The standard InChI is InChI=1S/C44H48N6O8/c45-25-13-12-21-35(39(51)41-48-34-20-10-11-22-38(34)58-41)47-40(52)37-26-33(57-43(54)46-27-31-16-6-2-7-17-31)28-50(37)42(53)36(24-23-30-14-4-1-5-15-30)49-44(55)56-29-32-18-8-3-9-19-32/h1-11,14-20,22,33,35-37H,12-13,21,23-29,45H2,(H,46,54)(H,47,52)(H,49,55)/t33-,35+,36-,37+/m1/s1. The number of oxazole rings is 1. The molecule has 1 aliphatic rings. The van der Waals surface area contributed by atoms with E-state index in [0.29, 0.717) is 36.9 Å². The van der Waals surface area contributed by atoms with Crippen LogP contribution in [0.5, 0.6) is 0 Å². The molecule has 5 N–H and O–H groups in total. The van der Waals surface area contributed by atoms with Gasteiger partial charge in [0.05, 0.1) is 12.6 Å². The molecular weight excluding hydrogens is 741 g/mol. The number of likely N-dealkylation sites (tertiary alicyclic amines) is 1. The van der Waals surface area contributed by atoms with Gasteiger partial charge in [-0.05, 0) is 67.5 Å². The lowest BCUT2D eigenvalue weighted by Crippen LogP contribution is -2.55. The number of benzene rings is 4. The van der Waals surface area contributed by atoms with E-state index < -0.39 is 54.0 Å². The summed E-state index contributed by atoms with van der Waals surface area (Å²) in [6, 6.07) is 31.5. The summed E-state index contributed by atoms with van der Waals surface area (Å²) in [5.74, 6) is -1.91. The number of para-hydroxylation sites is 2. The number of ether oxygens (including phenoxy) is 2. The molecule has 6 rings (SSSR count). The van der Waals surface area contributed by atoms with Crippen LogP contribution in [0.3, 0.4) is 0 Å². The molecule has 14 heteroatoms. The molecule has 1 saturated heterocycles. The molecule has 0 saturated carbocycles. The highest BCUT2D eigenvalue weighted by Gasteiger charge is 2.44. The van der Waals surface area contributed by atoms with Gasteiger partial charge in [-0.1, -0.05) is 103 Å². The summed E-state index contributed by atoms with van der Waals surface area (Å²) < 4.78 is 17.0. The zero-order chi connectivity index (χ0) is 40.7. The van der Waals surface area contributed by atoms with Gasteiger partial charge in [0.1, 0.15) is 30.3 Å². The van der Waals surface area contributed by atoms with E-state index in [1.54, 1.807) is 24.3 Å². The van der Waals surface area contributed by atoms with E-state index in [1.807, 2.05) is 91.0 Å². The first kappa shape index (κ1) is 41.1. The molecule has 2 heterocycles. The third-order valence-electron chi connectivity index (χ3n) is 9.85. The summed E-state index contributed by atoms with van der Waals surface area (Å²) in [6.45, 7) is 0.432. The molecule has 1 aliphatic heterocycles. The van der Waals surface area contributed by atoms with Crippen LogP contribution < -0.4 is 21.7 Å². The molecule has 0 unspecified atom stereocenters. The van der Waals surface area contributed by atoms with Gasteiger partial charge in [-0.3, -0.25) is 14.4 Å². The number of carbonyl (C=O) groups is 5. The van der Waals surface area contributed by atoms with E-state index in [1.165, 1.54) is 4.90 Å². The third kappa shape index (κ3) is 11.5. The number of nitrogens with zero attached hydrogens (tertiary/aromatic N) is 2. The Bertz CT molecular complexity index is 2100. The number of alkyl carbamates (subject to hydrolysis) is 2. The van der Waals surface area contributed by atoms with Crippen molar-refractivity contribution in [1.29, 1.82) is 0 Å². The topological polar surface area (TPSA) is 195 Å². The van der Waals surface area contributed by atoms with Gasteiger partial charge in [0.2, 0.25) is 17.6 Å². The van der Waals surface area contributed by atoms with Gasteiger partial charge in [0.25, 0.3) is 5.89 Å². The second kappa shape index (κ2) is 20.6. The molecule has 4 amide bonds. The summed E-state index contributed by atoms with van der Waals surface area (Å²) in [7, 11) is 0. The summed E-state index contributed by atoms with van der Waals surface area (Å²) in [4.78, 5) is 74.7. The van der Waals surface area contributed by atoms with Crippen molar-refractivity contribution in [3.63, 3.8) is 0 Å². The first-order valence-corrected chi connectivity index (χ1v) is 19.5. The minimum Gasteiger partial charge on any atom is -0.445 e. The van der Waals surface area contributed by atoms with Gasteiger partial charge in [-0.2, -0.15) is 0 Å². The molecule has 4 atom stereocenters. The SMILES string of the molecule is NCCCC[C@H](NC(=O)[C@@H]1C[C@@H](OC(=O)NCc2ccccc2)CN1C(=O)[C@@H](CCc1ccccc1)NC(=O)OCc1ccccc1)C(=O)c1nc2ccccc2o1. The van der Waals surface area contributed by atoms with Gasteiger partial charge in [0, 0.05) is 13.0 Å². The van der Waals surface area contributed by atoms with Crippen LogP contribution in [0.2, 0.25) is 0 Å². The highest BCUT2D eigenvalue weighted by Crippen LogP contribution is 2.25. The van der Waals surface area contributed by atoms with Crippen molar-refractivity contribution in [3.05, 3.63) is 138 Å². The molecule has 4 aromatic carbocycles. The van der Waals surface area contributed by atoms with Gasteiger partial charge in [-0.15, -0.1) is 0 Å². The fraction of sp³-hybridized carbons (Fsp3) is 0.318. The van der Waals surface area contributed by atoms with Crippen molar-refractivity contribution in [1.82, 2.24) is 25.8 Å². The Morgan fingerprint density at radius 2 is 1.41 bits per heavy atom. The van der Waals surface area contributed by atoms with Crippen LogP contribution in [-0.4, -0.2) is 77.0 Å². The zero-order valence-electron chi connectivity index (χ0n) is 32.1. The van der Waals surface area contributed by atoms with Gasteiger partial charge >= 0.3 is 12.2 Å². The number of amides is 4. The minimum absolute atomic E-state index is 0.0192.